The summed E-state index contributed by atoms with van der Waals surface area (Å²) in [5, 5.41) is 18.1. The highest BCUT2D eigenvalue weighted by molar-refractivity contribution is 5.76. The van der Waals surface area contributed by atoms with E-state index in [0.717, 1.165) is 4.73 Å². The zero-order chi connectivity index (χ0) is 7.84. The van der Waals surface area contributed by atoms with Gasteiger partial charge in [-0.2, -0.15) is 4.73 Å². The normalized spacial score (nSPS) is 10.5. The van der Waals surface area contributed by atoms with E-state index in [9.17, 15) is 0 Å². The van der Waals surface area contributed by atoms with Crippen molar-refractivity contribution >= 4 is 11.0 Å². The van der Waals surface area contributed by atoms with Crippen LogP contribution >= 0.6 is 0 Å². The first-order chi connectivity index (χ1) is 5.27. The number of rotatable bonds is 0. The zero-order valence-corrected chi connectivity index (χ0v) is 5.60. The highest BCUT2D eigenvalue weighted by Gasteiger charge is 2.00. The maximum Gasteiger partial charge on any atom is 0.133 e. The van der Waals surface area contributed by atoms with Crippen molar-refractivity contribution in [2.75, 3.05) is 0 Å². The highest BCUT2D eigenvalue weighted by atomic mass is 16.5. The average Bonchev–Trinajstić information content (AvgIpc) is 2.33. The van der Waals surface area contributed by atoms with E-state index >= 15 is 0 Å². The third kappa shape index (κ3) is 0.797. The van der Waals surface area contributed by atoms with Crippen LogP contribution in [0.25, 0.3) is 11.0 Å². The lowest BCUT2D eigenvalue weighted by Gasteiger charge is -1.92. The van der Waals surface area contributed by atoms with Crippen LogP contribution in [0.2, 0.25) is 0 Å². The fourth-order valence-corrected chi connectivity index (χ4v) is 0.984. The van der Waals surface area contributed by atoms with E-state index in [-0.39, 0.29) is 5.75 Å². The predicted octanol–water partition coefficient (Wildman–Crippen LogP) is 0.979. The van der Waals surface area contributed by atoms with Gasteiger partial charge in [0, 0.05) is 6.07 Å². The lowest BCUT2D eigenvalue weighted by molar-refractivity contribution is 0.198. The fourth-order valence-electron chi connectivity index (χ4n) is 0.984. The zero-order valence-electron chi connectivity index (χ0n) is 5.60. The minimum Gasteiger partial charge on any atom is -0.508 e. The maximum absolute atomic E-state index is 9.08. The molecule has 0 fully saturated rings. The molecule has 2 aromatic rings. The van der Waals surface area contributed by atoms with Crippen LogP contribution in [0.3, 0.4) is 0 Å². The Kier molecular flexibility index (Phi) is 1.03. The molecule has 1 aromatic carbocycles. The molecule has 0 radical (unpaired) electrons. The lowest BCUT2D eigenvalue weighted by Crippen LogP contribution is -1.84. The van der Waals surface area contributed by atoms with Crippen molar-refractivity contribution in [3.8, 4) is 5.75 Å². The summed E-state index contributed by atoms with van der Waals surface area (Å²) in [5.41, 5.74) is 1.16. The van der Waals surface area contributed by atoms with Gasteiger partial charge in [-0.1, -0.05) is 0 Å². The number of nitrogens with zero attached hydrogens (tertiary/aromatic N) is 2. The number of aromatic hydroxyl groups is 1. The third-order valence-electron chi connectivity index (χ3n) is 1.51. The van der Waals surface area contributed by atoms with Gasteiger partial charge in [-0.15, -0.1) is 0 Å². The average molecular weight is 150 g/mol. The number of benzene rings is 1. The van der Waals surface area contributed by atoms with Gasteiger partial charge in [-0.3, -0.25) is 0 Å². The van der Waals surface area contributed by atoms with Crippen molar-refractivity contribution in [1.82, 2.24) is 9.71 Å². The quantitative estimate of drug-likeness (QED) is 0.550. The Morgan fingerprint density at radius 1 is 1.36 bits per heavy atom. The summed E-state index contributed by atoms with van der Waals surface area (Å²) in [5.74, 6) is 0.119. The summed E-state index contributed by atoms with van der Waals surface area (Å²) < 4.78 is 0.870. The Morgan fingerprint density at radius 3 is 3.00 bits per heavy atom. The fraction of sp³-hybridized carbons (Fsp3) is 0. The monoisotopic (exact) mass is 150 g/mol. The summed E-state index contributed by atoms with van der Waals surface area (Å²) in [6.07, 6.45) is 1.28. The SMILES string of the molecule is Oc1ccc2ncn(O)c2c1. The molecule has 0 saturated carbocycles. The molecular weight excluding hydrogens is 144 g/mol. The Labute approximate surface area is 62.3 Å². The van der Waals surface area contributed by atoms with Crippen LogP contribution in [0.1, 0.15) is 0 Å². The summed E-state index contributed by atoms with van der Waals surface area (Å²) in [7, 11) is 0. The van der Waals surface area contributed by atoms with Crippen LogP contribution in [0.4, 0.5) is 0 Å². The van der Waals surface area contributed by atoms with Crippen molar-refractivity contribution in [1.29, 1.82) is 0 Å². The summed E-state index contributed by atoms with van der Waals surface area (Å²) in [6.45, 7) is 0. The van der Waals surface area contributed by atoms with Gasteiger partial charge in [-0.05, 0) is 12.1 Å². The summed E-state index contributed by atoms with van der Waals surface area (Å²) in [6, 6.07) is 4.61. The molecule has 11 heavy (non-hydrogen) atoms. The van der Waals surface area contributed by atoms with E-state index in [2.05, 4.69) is 4.98 Å². The molecule has 0 spiro atoms. The molecule has 2 rings (SSSR count). The molecule has 1 aromatic heterocycles. The minimum atomic E-state index is 0.119. The second-order valence-corrected chi connectivity index (χ2v) is 2.26. The van der Waals surface area contributed by atoms with Crippen molar-refractivity contribution in [3.05, 3.63) is 24.5 Å². The number of phenolic OH excluding ortho intramolecular Hbond substituents is 1. The van der Waals surface area contributed by atoms with Gasteiger partial charge < -0.3 is 10.3 Å². The number of aromatic nitrogens is 2. The molecule has 0 unspecified atom stereocenters. The van der Waals surface area contributed by atoms with Crippen LogP contribution in [0.15, 0.2) is 24.5 Å². The third-order valence-corrected chi connectivity index (χ3v) is 1.51. The number of hydrogen-bond acceptors (Lipinski definition) is 3. The second kappa shape index (κ2) is 1.88. The predicted molar refractivity (Wildman–Crippen MR) is 38.6 cm³/mol. The first-order valence-corrected chi connectivity index (χ1v) is 3.13. The van der Waals surface area contributed by atoms with Crippen molar-refractivity contribution in [2.45, 2.75) is 0 Å². The molecule has 0 aliphatic heterocycles. The molecule has 0 aliphatic carbocycles. The summed E-state index contributed by atoms with van der Waals surface area (Å²) in [4.78, 5) is 3.86. The van der Waals surface area contributed by atoms with E-state index in [1.165, 1.54) is 18.5 Å². The number of imidazole rings is 1. The van der Waals surface area contributed by atoms with Gasteiger partial charge >= 0.3 is 0 Å². The van der Waals surface area contributed by atoms with Crippen molar-refractivity contribution in [2.24, 2.45) is 0 Å². The van der Waals surface area contributed by atoms with Crippen molar-refractivity contribution in [3.63, 3.8) is 0 Å². The van der Waals surface area contributed by atoms with Gasteiger partial charge in [0.05, 0.1) is 5.52 Å². The van der Waals surface area contributed by atoms with E-state index in [1.54, 1.807) is 6.07 Å². The molecule has 1 heterocycles. The highest BCUT2D eigenvalue weighted by Crippen LogP contribution is 2.17. The van der Waals surface area contributed by atoms with Gasteiger partial charge in [0.2, 0.25) is 0 Å². The molecular formula is C7H6N2O2. The minimum absolute atomic E-state index is 0.119. The number of hydrogen-bond donors (Lipinski definition) is 2. The smallest absolute Gasteiger partial charge is 0.133 e. The topological polar surface area (TPSA) is 58.3 Å². The molecule has 4 heteroatoms. The van der Waals surface area contributed by atoms with Gasteiger partial charge in [0.1, 0.15) is 17.6 Å². The molecule has 4 nitrogen and oxygen atoms in total. The van der Waals surface area contributed by atoms with Gasteiger partial charge in [0.15, 0.2) is 0 Å². The molecule has 0 saturated heterocycles. The largest absolute Gasteiger partial charge is 0.508 e. The van der Waals surface area contributed by atoms with Crippen LogP contribution in [0, 0.1) is 0 Å². The van der Waals surface area contributed by atoms with Crippen molar-refractivity contribution < 1.29 is 10.3 Å². The molecule has 0 aliphatic rings. The van der Waals surface area contributed by atoms with Crippen LogP contribution in [0.5, 0.6) is 5.75 Å². The molecule has 56 valence electrons. The van der Waals surface area contributed by atoms with Gasteiger partial charge in [-0.25, -0.2) is 4.98 Å². The second-order valence-electron chi connectivity index (χ2n) is 2.26. The molecule has 2 N–H and O–H groups in total. The Hall–Kier alpha value is -1.71. The Morgan fingerprint density at radius 2 is 2.18 bits per heavy atom. The molecule has 0 amide bonds. The standard InChI is InChI=1S/C7H6N2O2/c10-5-1-2-6-7(3-5)9(11)4-8-6/h1-4,10-11H. The Balaban J connectivity index is 2.87. The van der Waals surface area contributed by atoms with E-state index in [0.29, 0.717) is 11.0 Å². The van der Waals surface area contributed by atoms with Crippen LogP contribution in [-0.2, 0) is 0 Å². The molecule has 0 atom stereocenters. The lowest BCUT2D eigenvalue weighted by atomic mass is 10.3. The van der Waals surface area contributed by atoms with E-state index in [4.69, 9.17) is 10.3 Å². The van der Waals surface area contributed by atoms with Crippen LogP contribution < -0.4 is 0 Å². The molecule has 0 bridgehead atoms. The van der Waals surface area contributed by atoms with E-state index < -0.39 is 0 Å². The van der Waals surface area contributed by atoms with Crippen LogP contribution in [-0.4, -0.2) is 20.0 Å². The van der Waals surface area contributed by atoms with E-state index in [1.807, 2.05) is 0 Å². The first-order valence-electron chi connectivity index (χ1n) is 3.13. The Bertz CT molecular complexity index is 394. The van der Waals surface area contributed by atoms with Gasteiger partial charge in [0.25, 0.3) is 0 Å². The number of fused-ring (bicyclic) bond motifs is 1. The summed E-state index contributed by atoms with van der Waals surface area (Å²) >= 11 is 0. The maximum atomic E-state index is 9.08. The first kappa shape index (κ1) is 6.03. The number of phenols is 1.